The summed E-state index contributed by atoms with van der Waals surface area (Å²) in [5, 5.41) is 4.20. The van der Waals surface area contributed by atoms with Crippen LogP contribution in [0.4, 0.5) is 0 Å². The molecule has 1 aromatic carbocycles. The van der Waals surface area contributed by atoms with Gasteiger partial charge in [-0.05, 0) is 58.9 Å². The summed E-state index contributed by atoms with van der Waals surface area (Å²) in [5.74, 6) is 1.43. The molecule has 0 atom stereocenters. The van der Waals surface area contributed by atoms with Gasteiger partial charge in [0.05, 0.1) is 11.9 Å². The van der Waals surface area contributed by atoms with Crippen molar-refractivity contribution in [2.75, 3.05) is 0 Å². The van der Waals surface area contributed by atoms with E-state index >= 15 is 0 Å². The quantitative estimate of drug-likeness (QED) is 0.606. The Labute approximate surface area is 131 Å². The second kappa shape index (κ2) is 6.60. The minimum atomic E-state index is -0.321. The maximum absolute atomic E-state index is 5.92. The van der Waals surface area contributed by atoms with E-state index in [0.29, 0.717) is 5.75 Å². The van der Waals surface area contributed by atoms with Gasteiger partial charge in [-0.25, -0.2) is 0 Å². The van der Waals surface area contributed by atoms with Crippen LogP contribution in [0.25, 0.3) is 0 Å². The van der Waals surface area contributed by atoms with Crippen LogP contribution in [0.5, 0.6) is 11.5 Å². The largest absolute Gasteiger partial charge is 0.455 e. The van der Waals surface area contributed by atoms with Crippen molar-refractivity contribution in [3.8, 4) is 11.5 Å². The fraction of sp³-hybridized carbons (Fsp3) is 0.333. The molecule has 0 N–H and O–H groups in total. The van der Waals surface area contributed by atoms with Crippen molar-refractivity contribution in [3.63, 3.8) is 0 Å². The Hall–Kier alpha value is -2.36. The van der Waals surface area contributed by atoms with Gasteiger partial charge >= 0.3 is 0 Å². The van der Waals surface area contributed by atoms with Gasteiger partial charge in [0.1, 0.15) is 17.1 Å². The third kappa shape index (κ3) is 4.58. The second-order valence-corrected chi connectivity index (χ2v) is 6.11. The number of oxime groups is 1. The maximum atomic E-state index is 5.92. The number of hydrogen-bond acceptors (Lipinski definition) is 4. The molecule has 0 radical (unpaired) electrons. The number of aromatic nitrogens is 1. The number of aryl methyl sites for hydroxylation is 1. The van der Waals surface area contributed by atoms with Crippen LogP contribution >= 0.6 is 0 Å². The molecular formula is C18H22N2O2. The van der Waals surface area contributed by atoms with Gasteiger partial charge < -0.3 is 9.57 Å². The van der Waals surface area contributed by atoms with Crippen LogP contribution in [-0.2, 0) is 4.84 Å². The first-order valence-corrected chi connectivity index (χ1v) is 7.28. The lowest BCUT2D eigenvalue weighted by Crippen LogP contribution is -2.16. The molecule has 4 heteroatoms. The molecule has 0 fully saturated rings. The van der Waals surface area contributed by atoms with Gasteiger partial charge in [-0.1, -0.05) is 17.3 Å². The molecule has 2 aromatic rings. The van der Waals surface area contributed by atoms with Gasteiger partial charge in [0.2, 0.25) is 0 Å². The molecule has 0 spiro atoms. The Bertz CT molecular complexity index is 656. The van der Waals surface area contributed by atoms with Crippen molar-refractivity contribution in [3.05, 3.63) is 53.9 Å². The molecule has 0 saturated heterocycles. The van der Waals surface area contributed by atoms with E-state index in [2.05, 4.69) is 10.1 Å². The normalized spacial score (nSPS) is 12.1. The summed E-state index contributed by atoms with van der Waals surface area (Å²) in [6, 6.07) is 11.6. The SMILES string of the molecule is CC(=NOC(C)(C)C)c1ccccc1Oc1ccc(C)nc1. The predicted octanol–water partition coefficient (Wildman–Crippen LogP) is 4.72. The monoisotopic (exact) mass is 298 g/mol. The first-order valence-electron chi connectivity index (χ1n) is 7.28. The third-order valence-corrected chi connectivity index (χ3v) is 2.85. The van der Waals surface area contributed by atoms with Crippen LogP contribution in [0.1, 0.15) is 39.0 Å². The smallest absolute Gasteiger partial charge is 0.145 e. The summed E-state index contributed by atoms with van der Waals surface area (Å²) < 4.78 is 5.92. The number of hydrogen-bond donors (Lipinski definition) is 0. The highest BCUT2D eigenvalue weighted by Gasteiger charge is 2.12. The topological polar surface area (TPSA) is 43.7 Å². The Morgan fingerprint density at radius 2 is 1.82 bits per heavy atom. The highest BCUT2D eigenvalue weighted by atomic mass is 16.6. The molecule has 22 heavy (non-hydrogen) atoms. The van der Waals surface area contributed by atoms with Crippen LogP contribution in [0.3, 0.4) is 0 Å². The molecule has 0 aliphatic rings. The molecule has 1 heterocycles. The zero-order valence-corrected chi connectivity index (χ0v) is 13.8. The number of benzene rings is 1. The minimum absolute atomic E-state index is 0.321. The van der Waals surface area contributed by atoms with E-state index in [1.807, 2.05) is 71.0 Å². The highest BCUT2D eigenvalue weighted by molar-refractivity contribution is 6.00. The summed E-state index contributed by atoms with van der Waals surface area (Å²) in [6.07, 6.45) is 1.71. The number of para-hydroxylation sites is 1. The van der Waals surface area contributed by atoms with E-state index in [-0.39, 0.29) is 5.60 Å². The molecule has 2 rings (SSSR count). The Morgan fingerprint density at radius 1 is 1.09 bits per heavy atom. The van der Waals surface area contributed by atoms with Crippen LogP contribution in [0.2, 0.25) is 0 Å². The molecule has 0 aliphatic carbocycles. The van der Waals surface area contributed by atoms with Crippen molar-refractivity contribution < 1.29 is 9.57 Å². The van der Waals surface area contributed by atoms with E-state index in [9.17, 15) is 0 Å². The zero-order valence-electron chi connectivity index (χ0n) is 13.8. The molecule has 0 unspecified atom stereocenters. The number of ether oxygens (including phenoxy) is 1. The Morgan fingerprint density at radius 3 is 2.45 bits per heavy atom. The van der Waals surface area contributed by atoms with Gasteiger partial charge in [-0.3, -0.25) is 4.98 Å². The number of nitrogens with zero attached hydrogens (tertiary/aromatic N) is 2. The molecule has 1 aromatic heterocycles. The number of pyridine rings is 1. The van der Waals surface area contributed by atoms with Gasteiger partial charge in [0.15, 0.2) is 0 Å². The maximum Gasteiger partial charge on any atom is 0.145 e. The Balaban J connectivity index is 2.24. The molecule has 0 bridgehead atoms. The van der Waals surface area contributed by atoms with E-state index in [0.717, 1.165) is 22.7 Å². The average Bonchev–Trinajstić information content (AvgIpc) is 2.47. The fourth-order valence-corrected chi connectivity index (χ4v) is 1.75. The zero-order chi connectivity index (χ0) is 16.2. The lowest BCUT2D eigenvalue weighted by atomic mass is 10.1. The molecule has 0 saturated carbocycles. The van der Waals surface area contributed by atoms with Crippen molar-refractivity contribution in [2.45, 2.75) is 40.2 Å². The van der Waals surface area contributed by atoms with Gasteiger partial charge in [-0.2, -0.15) is 0 Å². The van der Waals surface area contributed by atoms with Crippen molar-refractivity contribution >= 4 is 5.71 Å². The van der Waals surface area contributed by atoms with Crippen molar-refractivity contribution in [2.24, 2.45) is 5.16 Å². The molecule has 4 nitrogen and oxygen atoms in total. The summed E-state index contributed by atoms with van der Waals surface area (Å²) in [4.78, 5) is 9.73. The van der Waals surface area contributed by atoms with Crippen molar-refractivity contribution in [1.29, 1.82) is 0 Å². The van der Waals surface area contributed by atoms with E-state index in [1.54, 1.807) is 6.20 Å². The minimum Gasteiger partial charge on any atom is -0.455 e. The summed E-state index contributed by atoms with van der Waals surface area (Å²) in [6.45, 7) is 9.73. The standard InChI is InChI=1S/C18H22N2O2/c1-13-10-11-15(12-19-13)21-17-9-7-6-8-16(17)14(2)20-22-18(3,4)5/h6-12H,1-5H3. The van der Waals surface area contributed by atoms with Crippen LogP contribution in [0.15, 0.2) is 47.8 Å². The first-order chi connectivity index (χ1) is 10.3. The molecule has 0 aliphatic heterocycles. The van der Waals surface area contributed by atoms with Gasteiger partial charge in [0.25, 0.3) is 0 Å². The summed E-state index contributed by atoms with van der Waals surface area (Å²) in [5.41, 5.74) is 2.30. The van der Waals surface area contributed by atoms with Gasteiger partial charge in [-0.15, -0.1) is 0 Å². The van der Waals surface area contributed by atoms with E-state index < -0.39 is 0 Å². The predicted molar refractivity (Wildman–Crippen MR) is 88.5 cm³/mol. The van der Waals surface area contributed by atoms with Crippen molar-refractivity contribution in [1.82, 2.24) is 4.98 Å². The highest BCUT2D eigenvalue weighted by Crippen LogP contribution is 2.25. The van der Waals surface area contributed by atoms with Crippen LogP contribution < -0.4 is 4.74 Å². The van der Waals surface area contributed by atoms with Crippen LogP contribution in [0, 0.1) is 6.92 Å². The third-order valence-electron chi connectivity index (χ3n) is 2.85. The van der Waals surface area contributed by atoms with E-state index in [4.69, 9.17) is 9.57 Å². The molecule has 116 valence electrons. The van der Waals surface area contributed by atoms with Gasteiger partial charge in [0, 0.05) is 11.3 Å². The Kier molecular flexibility index (Phi) is 4.81. The molecule has 0 amide bonds. The second-order valence-electron chi connectivity index (χ2n) is 6.11. The average molecular weight is 298 g/mol. The lowest BCUT2D eigenvalue weighted by molar-refractivity contribution is 0.000935. The summed E-state index contributed by atoms with van der Waals surface area (Å²) >= 11 is 0. The molecular weight excluding hydrogens is 276 g/mol. The van der Waals surface area contributed by atoms with Crippen LogP contribution in [-0.4, -0.2) is 16.3 Å². The first kappa shape index (κ1) is 16.0. The lowest BCUT2D eigenvalue weighted by Gasteiger charge is -2.17. The fourth-order valence-electron chi connectivity index (χ4n) is 1.75. The van der Waals surface area contributed by atoms with E-state index in [1.165, 1.54) is 0 Å². The summed E-state index contributed by atoms with van der Waals surface area (Å²) in [7, 11) is 0. The number of rotatable bonds is 4.